The number of piperidine rings is 1. The fourth-order valence-electron chi connectivity index (χ4n) is 6.26. The second-order valence-corrected chi connectivity index (χ2v) is 10.7. The number of carbonyl (C=O) groups excluding carboxylic acids is 2. The molecule has 0 radical (unpaired) electrons. The summed E-state index contributed by atoms with van der Waals surface area (Å²) in [6, 6.07) is 6.84. The van der Waals surface area contributed by atoms with Crippen LogP contribution >= 0.6 is 0 Å². The van der Waals surface area contributed by atoms with Gasteiger partial charge in [-0.2, -0.15) is 0 Å². The first-order chi connectivity index (χ1) is 14.2. The highest BCUT2D eigenvalue weighted by Gasteiger charge is 2.51. The zero-order valence-corrected chi connectivity index (χ0v) is 19.5. The summed E-state index contributed by atoms with van der Waals surface area (Å²) < 4.78 is 0. The molecule has 1 aliphatic heterocycles. The molecule has 1 heterocycles. The summed E-state index contributed by atoms with van der Waals surface area (Å²) in [7, 11) is 1.89. The van der Waals surface area contributed by atoms with Crippen LogP contribution in [-0.2, 0) is 9.59 Å². The van der Waals surface area contributed by atoms with Gasteiger partial charge in [0.25, 0.3) is 0 Å². The van der Waals surface area contributed by atoms with Crippen molar-refractivity contribution in [2.75, 3.05) is 20.1 Å². The zero-order valence-electron chi connectivity index (χ0n) is 19.5. The minimum Gasteiger partial charge on any atom is -0.342 e. The molecule has 0 bridgehead atoms. The Morgan fingerprint density at radius 3 is 2.33 bits per heavy atom. The Labute approximate surface area is 182 Å². The molecule has 0 atom stereocenters. The number of benzene rings is 1. The van der Waals surface area contributed by atoms with Gasteiger partial charge in [0.1, 0.15) is 0 Å². The minimum absolute atomic E-state index is 0.0974. The lowest BCUT2D eigenvalue weighted by Gasteiger charge is -2.55. The minimum atomic E-state index is -0.142. The molecule has 4 rings (SSSR count). The number of rotatable bonds is 4. The average molecular weight is 411 g/mol. The van der Waals surface area contributed by atoms with Crippen LogP contribution in [0.1, 0.15) is 81.4 Å². The van der Waals surface area contributed by atoms with E-state index in [1.165, 1.54) is 24.0 Å². The molecule has 164 valence electrons. The molecule has 4 heteroatoms. The van der Waals surface area contributed by atoms with Crippen LogP contribution in [0.4, 0.5) is 0 Å². The van der Waals surface area contributed by atoms with Crippen molar-refractivity contribution in [3.8, 4) is 0 Å². The van der Waals surface area contributed by atoms with E-state index in [4.69, 9.17) is 0 Å². The van der Waals surface area contributed by atoms with E-state index in [-0.39, 0.29) is 17.4 Å². The van der Waals surface area contributed by atoms with Gasteiger partial charge >= 0.3 is 0 Å². The van der Waals surface area contributed by atoms with E-state index in [9.17, 15) is 9.59 Å². The molecule has 0 N–H and O–H groups in total. The van der Waals surface area contributed by atoms with E-state index >= 15 is 0 Å². The topological polar surface area (TPSA) is 40.6 Å². The summed E-state index contributed by atoms with van der Waals surface area (Å²) >= 11 is 0. The van der Waals surface area contributed by atoms with Crippen LogP contribution in [-0.4, -0.2) is 47.3 Å². The Morgan fingerprint density at radius 2 is 1.73 bits per heavy atom. The van der Waals surface area contributed by atoms with Crippen molar-refractivity contribution < 1.29 is 9.59 Å². The molecule has 0 aromatic heterocycles. The fraction of sp³-hybridized carbons (Fsp3) is 0.692. The Hall–Kier alpha value is -1.84. The number of nitrogens with zero attached hydrogens (tertiary/aromatic N) is 2. The lowest BCUT2D eigenvalue weighted by molar-refractivity contribution is -0.154. The summed E-state index contributed by atoms with van der Waals surface area (Å²) in [5.74, 6) is 1.29. The number of carbonyl (C=O) groups is 2. The summed E-state index contributed by atoms with van der Waals surface area (Å²) in [5, 5.41) is 0. The molecular formula is C26H38N2O2. The van der Waals surface area contributed by atoms with Gasteiger partial charge in [-0.3, -0.25) is 9.59 Å². The third kappa shape index (κ3) is 3.67. The van der Waals surface area contributed by atoms with Crippen LogP contribution < -0.4 is 0 Å². The first kappa shape index (κ1) is 21.4. The fourth-order valence-corrected chi connectivity index (χ4v) is 6.26. The molecule has 1 spiro atoms. The molecular weight excluding hydrogens is 372 g/mol. The molecule has 1 aromatic rings. The maximum absolute atomic E-state index is 13.0. The molecule has 1 saturated heterocycles. The molecule has 3 fully saturated rings. The highest BCUT2D eigenvalue weighted by molar-refractivity contribution is 5.82. The molecule has 4 nitrogen and oxygen atoms in total. The maximum Gasteiger partial charge on any atom is 0.225 e. The standard InChI is InChI=1S/C26H38N2O2/c1-6-23(29)27(5)25(4)14-21(15-25)24(30)28-11-9-26(10-12-28)16-20(17-26)22-13-18(2)7-8-19(22)3/h7-8,13,20-21H,6,9-12,14-17H2,1-5H3. The monoisotopic (exact) mass is 410 g/mol. The van der Waals surface area contributed by atoms with E-state index in [1.807, 2.05) is 18.9 Å². The maximum atomic E-state index is 13.0. The third-order valence-corrected chi connectivity index (χ3v) is 8.58. The van der Waals surface area contributed by atoms with Gasteiger partial charge in [-0.1, -0.05) is 30.7 Å². The normalized spacial score (nSPS) is 28.0. The van der Waals surface area contributed by atoms with Crippen molar-refractivity contribution in [3.05, 3.63) is 34.9 Å². The molecule has 2 aliphatic carbocycles. The van der Waals surface area contributed by atoms with Gasteiger partial charge in [0.15, 0.2) is 0 Å². The largest absolute Gasteiger partial charge is 0.342 e. The summed E-state index contributed by atoms with van der Waals surface area (Å²) in [5.41, 5.74) is 4.64. The zero-order chi connectivity index (χ0) is 21.7. The van der Waals surface area contributed by atoms with Crippen molar-refractivity contribution in [1.29, 1.82) is 0 Å². The second kappa shape index (κ2) is 7.69. The van der Waals surface area contributed by atoms with Gasteiger partial charge in [-0.25, -0.2) is 0 Å². The molecule has 30 heavy (non-hydrogen) atoms. The van der Waals surface area contributed by atoms with Gasteiger partial charge in [0.05, 0.1) is 0 Å². The lowest BCUT2D eigenvalue weighted by atomic mass is 9.55. The summed E-state index contributed by atoms with van der Waals surface area (Å²) in [6.07, 6.45) is 7.02. The van der Waals surface area contributed by atoms with Crippen LogP contribution in [0.2, 0.25) is 0 Å². The Balaban J connectivity index is 1.27. The third-order valence-electron chi connectivity index (χ3n) is 8.58. The van der Waals surface area contributed by atoms with Crippen molar-refractivity contribution in [2.45, 2.75) is 84.1 Å². The highest BCUT2D eigenvalue weighted by Crippen LogP contribution is 2.57. The predicted octanol–water partition coefficient (Wildman–Crippen LogP) is 4.83. The highest BCUT2D eigenvalue weighted by atomic mass is 16.2. The van der Waals surface area contributed by atoms with Gasteiger partial charge in [-0.05, 0) is 81.8 Å². The van der Waals surface area contributed by atoms with Crippen molar-refractivity contribution in [2.24, 2.45) is 11.3 Å². The SMILES string of the molecule is CCC(=O)N(C)C1(C)CC(C(=O)N2CCC3(CC2)CC(c2cc(C)ccc2C)C3)C1. The first-order valence-corrected chi connectivity index (χ1v) is 11.8. The van der Waals surface area contributed by atoms with E-state index in [2.05, 4.69) is 43.9 Å². The smallest absolute Gasteiger partial charge is 0.225 e. The Morgan fingerprint density at radius 1 is 1.10 bits per heavy atom. The van der Waals surface area contributed by atoms with Crippen molar-refractivity contribution in [1.82, 2.24) is 9.80 Å². The van der Waals surface area contributed by atoms with Crippen LogP contribution in [0.5, 0.6) is 0 Å². The average Bonchev–Trinajstić information content (AvgIpc) is 2.70. The Kier molecular flexibility index (Phi) is 5.48. The van der Waals surface area contributed by atoms with Crippen LogP contribution in [0.15, 0.2) is 18.2 Å². The summed E-state index contributed by atoms with van der Waals surface area (Å²) in [6.45, 7) is 10.3. The first-order valence-electron chi connectivity index (χ1n) is 11.8. The van der Waals surface area contributed by atoms with Crippen molar-refractivity contribution >= 4 is 11.8 Å². The number of hydrogen-bond donors (Lipinski definition) is 0. The molecule has 3 aliphatic rings. The van der Waals surface area contributed by atoms with Gasteiger partial charge < -0.3 is 9.80 Å². The summed E-state index contributed by atoms with van der Waals surface area (Å²) in [4.78, 5) is 29.1. The van der Waals surface area contributed by atoms with Crippen LogP contribution in [0.3, 0.4) is 0 Å². The van der Waals surface area contributed by atoms with Gasteiger partial charge in [0, 0.05) is 38.0 Å². The van der Waals surface area contributed by atoms with E-state index in [0.717, 1.165) is 38.8 Å². The van der Waals surface area contributed by atoms with Gasteiger partial charge in [-0.15, -0.1) is 0 Å². The van der Waals surface area contributed by atoms with E-state index in [1.54, 1.807) is 5.56 Å². The predicted molar refractivity (Wildman–Crippen MR) is 120 cm³/mol. The van der Waals surface area contributed by atoms with Gasteiger partial charge in [0.2, 0.25) is 11.8 Å². The molecule has 2 amide bonds. The number of amides is 2. The molecule has 2 saturated carbocycles. The van der Waals surface area contributed by atoms with E-state index < -0.39 is 0 Å². The van der Waals surface area contributed by atoms with Crippen LogP contribution in [0, 0.1) is 25.2 Å². The molecule has 1 aromatic carbocycles. The quantitative estimate of drug-likeness (QED) is 0.713. The Bertz CT molecular complexity index is 823. The number of aryl methyl sites for hydroxylation is 2. The molecule has 0 unspecified atom stereocenters. The van der Waals surface area contributed by atoms with Crippen LogP contribution in [0.25, 0.3) is 0 Å². The lowest BCUT2D eigenvalue weighted by Crippen LogP contribution is -2.60. The van der Waals surface area contributed by atoms with E-state index in [0.29, 0.717) is 23.7 Å². The second-order valence-electron chi connectivity index (χ2n) is 10.7. The number of likely N-dealkylation sites (tertiary alicyclic amines) is 1. The van der Waals surface area contributed by atoms with Crippen molar-refractivity contribution in [3.63, 3.8) is 0 Å². The number of hydrogen-bond acceptors (Lipinski definition) is 2.